The molecule has 2 atom stereocenters. The maximum Gasteiger partial charge on any atom is 0.311 e. The topological polar surface area (TPSA) is 115 Å². The summed E-state index contributed by atoms with van der Waals surface area (Å²) in [6.45, 7) is 8.36. The van der Waals surface area contributed by atoms with Crippen molar-refractivity contribution < 1.29 is 14.3 Å². The summed E-state index contributed by atoms with van der Waals surface area (Å²) in [6, 6.07) is 3.17. The predicted octanol–water partition coefficient (Wildman–Crippen LogP) is 4.39. The number of nitrogens with one attached hydrogen (secondary N) is 1. The van der Waals surface area contributed by atoms with E-state index < -0.39 is 11.3 Å². The molecule has 0 unspecified atom stereocenters. The molecule has 11 heteroatoms. The number of aryl methyl sites for hydroxylation is 1. The van der Waals surface area contributed by atoms with Crippen LogP contribution in [0.5, 0.6) is 0 Å². The number of ether oxygens (including phenoxy) is 1. The molecule has 0 fully saturated rings. The van der Waals surface area contributed by atoms with E-state index in [-0.39, 0.29) is 24.4 Å². The van der Waals surface area contributed by atoms with Crippen molar-refractivity contribution in [3.05, 3.63) is 40.4 Å². The molecule has 0 spiro atoms. The Morgan fingerprint density at radius 1 is 1.25 bits per heavy atom. The largest absolute Gasteiger partial charge is 0.465 e. The summed E-state index contributed by atoms with van der Waals surface area (Å²) in [5.74, 6) is -0.719. The summed E-state index contributed by atoms with van der Waals surface area (Å²) in [5, 5.41) is 3.78. The number of rotatable bonds is 8. The van der Waals surface area contributed by atoms with Gasteiger partial charge in [0.25, 0.3) is 0 Å². The van der Waals surface area contributed by atoms with Crippen LogP contribution in [0, 0.1) is 17.3 Å². The Bertz CT molecular complexity index is 1120. The molecule has 1 aliphatic heterocycles. The van der Waals surface area contributed by atoms with Crippen molar-refractivity contribution in [2.45, 2.75) is 40.5 Å². The van der Waals surface area contributed by atoms with Crippen molar-refractivity contribution in [3.8, 4) is 0 Å². The van der Waals surface area contributed by atoms with Gasteiger partial charge in [0.2, 0.25) is 11.9 Å². The first kappa shape index (κ1) is 27.8. The van der Waals surface area contributed by atoms with Crippen LogP contribution >= 0.6 is 23.2 Å². The number of halogens is 2. The first-order valence-corrected chi connectivity index (χ1v) is 12.7. The zero-order valence-corrected chi connectivity index (χ0v) is 22.9. The number of nitrogen functional groups attached to an aromatic ring is 1. The molecule has 3 N–H and O–H groups in total. The summed E-state index contributed by atoms with van der Waals surface area (Å²) in [6.07, 6.45) is 4.57. The Labute approximate surface area is 222 Å². The highest BCUT2D eigenvalue weighted by Gasteiger charge is 2.36. The highest BCUT2D eigenvalue weighted by molar-refractivity contribution is 6.40. The molecule has 9 nitrogen and oxygen atoms in total. The van der Waals surface area contributed by atoms with Gasteiger partial charge in [-0.1, -0.05) is 30.1 Å². The van der Waals surface area contributed by atoms with Crippen LogP contribution in [0.4, 0.5) is 11.4 Å². The van der Waals surface area contributed by atoms with Crippen LogP contribution in [-0.4, -0.2) is 52.0 Å². The lowest BCUT2D eigenvalue weighted by Crippen LogP contribution is -2.45. The Balaban J connectivity index is 1.83. The highest BCUT2D eigenvalue weighted by atomic mass is 35.5. The van der Waals surface area contributed by atoms with Crippen LogP contribution in [0.1, 0.15) is 39.8 Å². The number of hydrogen-bond donors (Lipinski definition) is 2. The molecule has 2 aromatic rings. The van der Waals surface area contributed by atoms with Gasteiger partial charge < -0.3 is 20.4 Å². The summed E-state index contributed by atoms with van der Waals surface area (Å²) < 4.78 is 7.59. The number of amides is 1. The third kappa shape index (κ3) is 6.50. The van der Waals surface area contributed by atoms with Crippen molar-refractivity contribution in [2.75, 3.05) is 30.7 Å². The first-order chi connectivity index (χ1) is 16.9. The van der Waals surface area contributed by atoms with Gasteiger partial charge in [-0.15, -0.1) is 0 Å². The van der Waals surface area contributed by atoms with Crippen molar-refractivity contribution in [1.29, 1.82) is 0 Å². The average Bonchev–Trinajstić information content (AvgIpc) is 3.42. The minimum absolute atomic E-state index is 0.108. The standard InChI is InChI=1S/C25H34Cl2N6O3/c1-6-18(15(9-17-12-29-14-32(17)5)13-36-23(35)25(2,3)4)22(34)33-8-7-30-24(33)31-21-19(26)10-16(28)11-20(21)27/h10-12,14-15,18H,6-9,13,28H2,1-5H3,(H,30,31)/t15-,18-/m0/s1. The van der Waals surface area contributed by atoms with Crippen molar-refractivity contribution in [2.24, 2.45) is 29.3 Å². The molecule has 1 aromatic heterocycles. The fourth-order valence-electron chi connectivity index (χ4n) is 4.07. The number of benzene rings is 1. The van der Waals surface area contributed by atoms with Crippen LogP contribution in [0.3, 0.4) is 0 Å². The van der Waals surface area contributed by atoms with E-state index in [0.29, 0.717) is 53.3 Å². The number of anilines is 2. The number of esters is 1. The number of aliphatic imine (C=N–C) groups is 1. The quantitative estimate of drug-likeness (QED) is 0.381. The third-order valence-electron chi connectivity index (χ3n) is 6.16. The molecule has 0 saturated carbocycles. The van der Waals surface area contributed by atoms with Crippen molar-refractivity contribution in [3.63, 3.8) is 0 Å². The molecule has 2 heterocycles. The van der Waals surface area contributed by atoms with Crippen LogP contribution in [0.25, 0.3) is 0 Å². The summed E-state index contributed by atoms with van der Waals surface area (Å²) in [4.78, 5) is 36.7. The van der Waals surface area contributed by atoms with E-state index in [9.17, 15) is 9.59 Å². The first-order valence-electron chi connectivity index (χ1n) is 11.9. The minimum atomic E-state index is -0.640. The van der Waals surface area contributed by atoms with Crippen molar-refractivity contribution >= 4 is 52.4 Å². The molecular weight excluding hydrogens is 503 g/mol. The maximum atomic E-state index is 13.9. The molecule has 1 amide bonds. The number of carbonyl (C=O) groups is 2. The van der Waals surface area contributed by atoms with E-state index in [2.05, 4.69) is 15.3 Å². The second-order valence-electron chi connectivity index (χ2n) is 10.0. The highest BCUT2D eigenvalue weighted by Crippen LogP contribution is 2.34. The second-order valence-corrected chi connectivity index (χ2v) is 10.8. The Morgan fingerprint density at radius 3 is 2.47 bits per heavy atom. The van der Waals surface area contributed by atoms with Gasteiger partial charge in [-0.2, -0.15) is 0 Å². The molecule has 1 aliphatic rings. The third-order valence-corrected chi connectivity index (χ3v) is 6.76. The fourth-order valence-corrected chi connectivity index (χ4v) is 4.67. The molecule has 0 bridgehead atoms. The molecule has 196 valence electrons. The van der Waals surface area contributed by atoms with E-state index >= 15 is 0 Å². The molecule has 0 radical (unpaired) electrons. The molecule has 1 aromatic carbocycles. The Morgan fingerprint density at radius 2 is 1.92 bits per heavy atom. The number of imidazole rings is 1. The van der Waals surface area contributed by atoms with Gasteiger partial charge in [0.1, 0.15) is 0 Å². The lowest BCUT2D eigenvalue weighted by atomic mass is 9.85. The van der Waals surface area contributed by atoms with Gasteiger partial charge in [-0.05, 0) is 45.7 Å². The normalized spacial score (nSPS) is 15.4. The smallest absolute Gasteiger partial charge is 0.311 e. The molecule has 36 heavy (non-hydrogen) atoms. The van der Waals surface area contributed by atoms with Crippen LogP contribution in [0.15, 0.2) is 29.6 Å². The van der Waals surface area contributed by atoms with Crippen LogP contribution < -0.4 is 11.1 Å². The second kappa shape index (κ2) is 11.5. The summed E-state index contributed by atoms with van der Waals surface area (Å²) >= 11 is 12.7. The number of nitrogens with two attached hydrogens (primary N) is 1. The van der Waals surface area contributed by atoms with E-state index in [4.69, 9.17) is 33.7 Å². The van der Waals surface area contributed by atoms with Gasteiger partial charge in [0.15, 0.2) is 0 Å². The van der Waals surface area contributed by atoms with E-state index in [1.54, 1.807) is 50.3 Å². The van der Waals surface area contributed by atoms with Gasteiger partial charge >= 0.3 is 5.97 Å². The Hall–Kier alpha value is -2.78. The monoisotopic (exact) mass is 536 g/mol. The number of carbonyl (C=O) groups excluding carboxylic acids is 2. The van der Waals surface area contributed by atoms with Crippen molar-refractivity contribution in [1.82, 2.24) is 14.5 Å². The lowest BCUT2D eigenvalue weighted by molar-refractivity contribution is -0.156. The van der Waals surface area contributed by atoms with Gasteiger partial charge in [-0.25, -0.2) is 4.98 Å². The van der Waals surface area contributed by atoms with E-state index in [1.165, 1.54) is 0 Å². The lowest BCUT2D eigenvalue weighted by Gasteiger charge is -2.30. The van der Waals surface area contributed by atoms with Crippen LogP contribution in [0.2, 0.25) is 10.0 Å². The van der Waals surface area contributed by atoms with E-state index in [0.717, 1.165) is 5.69 Å². The summed E-state index contributed by atoms with van der Waals surface area (Å²) in [5.41, 5.74) is 6.99. The molecule has 0 aliphatic carbocycles. The zero-order valence-electron chi connectivity index (χ0n) is 21.3. The summed E-state index contributed by atoms with van der Waals surface area (Å²) in [7, 11) is 1.90. The number of nitrogens with zero attached hydrogens (tertiary/aromatic N) is 4. The number of guanidine groups is 1. The fraction of sp³-hybridized carbons (Fsp3) is 0.520. The maximum absolute atomic E-state index is 13.9. The Kier molecular flexibility index (Phi) is 8.89. The van der Waals surface area contributed by atoms with Gasteiger partial charge in [0, 0.05) is 43.0 Å². The SMILES string of the molecule is CC[C@H](C(=O)N1CCN=C1Nc1c(Cl)cc(N)cc1Cl)[C@H](COC(=O)C(C)(C)C)Cc1cncn1C. The van der Waals surface area contributed by atoms with Gasteiger partial charge in [-0.3, -0.25) is 19.5 Å². The van der Waals surface area contributed by atoms with E-state index in [1.807, 2.05) is 18.5 Å². The number of aromatic nitrogens is 2. The van der Waals surface area contributed by atoms with Crippen LogP contribution in [-0.2, 0) is 27.8 Å². The molecular formula is C25H34Cl2N6O3. The zero-order chi connectivity index (χ0) is 26.6. The average molecular weight is 537 g/mol. The van der Waals surface area contributed by atoms with Gasteiger partial charge in [0.05, 0.1) is 40.6 Å². The predicted molar refractivity (Wildman–Crippen MR) is 143 cm³/mol. The molecule has 3 rings (SSSR count). The molecule has 0 saturated heterocycles. The minimum Gasteiger partial charge on any atom is -0.465 e. The number of hydrogen-bond acceptors (Lipinski definition) is 7.